The minimum absolute atomic E-state index is 0.0829. The Morgan fingerprint density at radius 3 is 2.50 bits per heavy atom. The quantitative estimate of drug-likeness (QED) is 0.895. The molecule has 2 atom stereocenters. The molecule has 1 aromatic carbocycles. The molecular weight excluding hydrogens is 250 g/mol. The fourth-order valence-electron chi connectivity index (χ4n) is 3.36. The summed E-state index contributed by atoms with van der Waals surface area (Å²) in [4.78, 5) is 0. The Hall–Kier alpha value is -1.22. The summed E-state index contributed by atoms with van der Waals surface area (Å²) in [6, 6.07) is 6.29. The second-order valence-electron chi connectivity index (χ2n) is 6.77. The third kappa shape index (κ3) is 2.51. The molecule has 1 saturated carbocycles. The monoisotopic (exact) mass is 275 g/mol. The third-order valence-electron chi connectivity index (χ3n) is 4.87. The lowest BCUT2D eigenvalue weighted by Gasteiger charge is -2.31. The summed E-state index contributed by atoms with van der Waals surface area (Å²) in [6.45, 7) is 5.88. The summed E-state index contributed by atoms with van der Waals surface area (Å²) in [5.41, 5.74) is 7.94. The van der Waals surface area contributed by atoms with E-state index in [0.29, 0.717) is 12.5 Å². The fraction of sp³-hybridized carbons (Fsp3) is 0.647. The van der Waals surface area contributed by atoms with E-state index in [4.69, 9.17) is 15.2 Å². The summed E-state index contributed by atoms with van der Waals surface area (Å²) in [5.74, 6) is 2.12. The summed E-state index contributed by atoms with van der Waals surface area (Å²) >= 11 is 0. The number of rotatable bonds is 2. The molecule has 110 valence electrons. The molecule has 2 aliphatic rings. The van der Waals surface area contributed by atoms with E-state index >= 15 is 0 Å². The van der Waals surface area contributed by atoms with Crippen molar-refractivity contribution in [1.82, 2.24) is 0 Å². The van der Waals surface area contributed by atoms with Crippen molar-refractivity contribution in [2.24, 2.45) is 17.1 Å². The predicted octanol–water partition coefficient (Wildman–Crippen LogP) is 3.67. The summed E-state index contributed by atoms with van der Waals surface area (Å²) in [7, 11) is 0. The van der Waals surface area contributed by atoms with Crippen molar-refractivity contribution in [3.05, 3.63) is 23.8 Å². The van der Waals surface area contributed by atoms with Crippen LogP contribution in [0, 0.1) is 11.3 Å². The first-order valence-electron chi connectivity index (χ1n) is 7.74. The van der Waals surface area contributed by atoms with Gasteiger partial charge in [-0.15, -0.1) is 0 Å². The van der Waals surface area contributed by atoms with Gasteiger partial charge in [-0.3, -0.25) is 0 Å². The molecule has 0 spiro atoms. The lowest BCUT2D eigenvalue weighted by atomic mass is 9.78. The molecule has 1 aliphatic carbocycles. The van der Waals surface area contributed by atoms with Gasteiger partial charge >= 0.3 is 0 Å². The maximum atomic E-state index is 6.54. The smallest absolute Gasteiger partial charge is 0.161 e. The molecule has 0 bridgehead atoms. The summed E-state index contributed by atoms with van der Waals surface area (Å²) < 4.78 is 11.6. The number of hydrogen-bond donors (Lipinski definition) is 1. The molecule has 1 heterocycles. The SMILES string of the molecule is CC1COc2ccc(C(N)C3(C)CCCC3)cc2OC1. The standard InChI is InChI=1S/C17H25NO2/c1-12-10-19-14-6-5-13(9-15(14)20-11-12)16(18)17(2)7-3-4-8-17/h5-6,9,12,16H,3-4,7-8,10-11,18H2,1-2H3. The van der Waals surface area contributed by atoms with E-state index in [-0.39, 0.29) is 11.5 Å². The normalized spacial score (nSPS) is 26.1. The molecule has 0 saturated heterocycles. The molecule has 2 N–H and O–H groups in total. The van der Waals surface area contributed by atoms with Crippen LogP contribution in [0.15, 0.2) is 18.2 Å². The van der Waals surface area contributed by atoms with Gasteiger partial charge in [0.25, 0.3) is 0 Å². The molecule has 20 heavy (non-hydrogen) atoms. The molecule has 0 amide bonds. The highest BCUT2D eigenvalue weighted by Crippen LogP contribution is 2.47. The number of nitrogens with two attached hydrogens (primary N) is 1. The summed E-state index contributed by atoms with van der Waals surface area (Å²) in [5, 5.41) is 0. The average Bonchev–Trinajstić information content (AvgIpc) is 2.81. The zero-order valence-corrected chi connectivity index (χ0v) is 12.5. The van der Waals surface area contributed by atoms with Crippen LogP contribution in [0.5, 0.6) is 11.5 Å². The molecule has 0 radical (unpaired) electrons. The van der Waals surface area contributed by atoms with Crippen molar-refractivity contribution in [1.29, 1.82) is 0 Å². The molecule has 1 aliphatic heterocycles. The topological polar surface area (TPSA) is 44.5 Å². The van der Waals surface area contributed by atoms with E-state index in [1.165, 1.54) is 31.2 Å². The van der Waals surface area contributed by atoms with E-state index in [9.17, 15) is 0 Å². The average molecular weight is 275 g/mol. The van der Waals surface area contributed by atoms with Crippen LogP contribution in [-0.2, 0) is 0 Å². The Balaban J connectivity index is 1.85. The lowest BCUT2D eigenvalue weighted by molar-refractivity contribution is 0.228. The molecule has 0 aromatic heterocycles. The van der Waals surface area contributed by atoms with Crippen molar-refractivity contribution in [2.45, 2.75) is 45.6 Å². The molecule has 3 rings (SSSR count). The largest absolute Gasteiger partial charge is 0.489 e. The van der Waals surface area contributed by atoms with Gasteiger partial charge in [0, 0.05) is 12.0 Å². The predicted molar refractivity (Wildman–Crippen MR) is 80.1 cm³/mol. The first kappa shape index (κ1) is 13.7. The highest BCUT2D eigenvalue weighted by atomic mass is 16.5. The lowest BCUT2D eigenvalue weighted by Crippen LogP contribution is -2.29. The van der Waals surface area contributed by atoms with E-state index in [2.05, 4.69) is 26.0 Å². The number of ether oxygens (including phenoxy) is 2. The molecule has 3 nitrogen and oxygen atoms in total. The van der Waals surface area contributed by atoms with Gasteiger partial charge in [0.15, 0.2) is 11.5 Å². The van der Waals surface area contributed by atoms with E-state index in [1.54, 1.807) is 0 Å². The van der Waals surface area contributed by atoms with Crippen LogP contribution < -0.4 is 15.2 Å². The fourth-order valence-corrected chi connectivity index (χ4v) is 3.36. The van der Waals surface area contributed by atoms with Crippen molar-refractivity contribution in [3.8, 4) is 11.5 Å². The molecule has 1 fully saturated rings. The first-order chi connectivity index (χ1) is 9.58. The first-order valence-corrected chi connectivity index (χ1v) is 7.74. The highest BCUT2D eigenvalue weighted by molar-refractivity contribution is 5.44. The molecule has 1 aromatic rings. The second kappa shape index (κ2) is 5.28. The number of benzene rings is 1. The van der Waals surface area contributed by atoms with Crippen LogP contribution in [0.25, 0.3) is 0 Å². The van der Waals surface area contributed by atoms with Crippen molar-refractivity contribution in [2.75, 3.05) is 13.2 Å². The van der Waals surface area contributed by atoms with Gasteiger partial charge in [-0.2, -0.15) is 0 Å². The minimum Gasteiger partial charge on any atom is -0.489 e. The zero-order valence-electron chi connectivity index (χ0n) is 12.5. The van der Waals surface area contributed by atoms with Crippen LogP contribution in [0.3, 0.4) is 0 Å². The van der Waals surface area contributed by atoms with Crippen molar-refractivity contribution >= 4 is 0 Å². The molecule has 3 heteroatoms. The Labute approximate surface area is 121 Å². The van der Waals surface area contributed by atoms with Gasteiger partial charge in [-0.1, -0.05) is 32.8 Å². The Kier molecular flexibility index (Phi) is 3.63. The Morgan fingerprint density at radius 2 is 1.80 bits per heavy atom. The van der Waals surface area contributed by atoms with Crippen LogP contribution in [0.1, 0.15) is 51.1 Å². The molecular formula is C17H25NO2. The van der Waals surface area contributed by atoms with Crippen LogP contribution in [0.2, 0.25) is 0 Å². The molecule has 2 unspecified atom stereocenters. The maximum absolute atomic E-state index is 6.54. The van der Waals surface area contributed by atoms with Crippen LogP contribution >= 0.6 is 0 Å². The Morgan fingerprint density at radius 1 is 1.15 bits per heavy atom. The summed E-state index contributed by atoms with van der Waals surface area (Å²) in [6.07, 6.45) is 5.04. The van der Waals surface area contributed by atoms with Gasteiger partial charge in [-0.25, -0.2) is 0 Å². The van der Waals surface area contributed by atoms with Gasteiger partial charge in [0.2, 0.25) is 0 Å². The van der Waals surface area contributed by atoms with Crippen LogP contribution in [0.4, 0.5) is 0 Å². The van der Waals surface area contributed by atoms with Crippen LogP contribution in [-0.4, -0.2) is 13.2 Å². The maximum Gasteiger partial charge on any atom is 0.161 e. The third-order valence-corrected chi connectivity index (χ3v) is 4.87. The minimum atomic E-state index is 0.0829. The van der Waals surface area contributed by atoms with E-state index in [0.717, 1.165) is 18.1 Å². The van der Waals surface area contributed by atoms with Gasteiger partial charge in [0.05, 0.1) is 13.2 Å². The van der Waals surface area contributed by atoms with Gasteiger partial charge < -0.3 is 15.2 Å². The zero-order chi connectivity index (χ0) is 14.2. The number of hydrogen-bond acceptors (Lipinski definition) is 3. The second-order valence-corrected chi connectivity index (χ2v) is 6.77. The van der Waals surface area contributed by atoms with Gasteiger partial charge in [0.1, 0.15) is 0 Å². The number of fused-ring (bicyclic) bond motifs is 1. The Bertz CT molecular complexity index is 480. The highest BCUT2D eigenvalue weighted by Gasteiger charge is 2.36. The van der Waals surface area contributed by atoms with Crippen molar-refractivity contribution in [3.63, 3.8) is 0 Å². The van der Waals surface area contributed by atoms with E-state index < -0.39 is 0 Å². The van der Waals surface area contributed by atoms with Crippen molar-refractivity contribution < 1.29 is 9.47 Å². The van der Waals surface area contributed by atoms with E-state index in [1.807, 2.05) is 6.07 Å². The van der Waals surface area contributed by atoms with Gasteiger partial charge in [-0.05, 0) is 36.0 Å².